The van der Waals surface area contributed by atoms with E-state index in [2.05, 4.69) is 5.32 Å². The minimum atomic E-state index is -4.38. The fourth-order valence-corrected chi connectivity index (χ4v) is 4.78. The number of hydrogen-bond acceptors (Lipinski definition) is 3. The monoisotopic (exact) mass is 472 g/mol. The van der Waals surface area contributed by atoms with Crippen molar-refractivity contribution in [2.45, 2.75) is 26.1 Å². The first kappa shape index (κ1) is 22.9. The second kappa shape index (κ2) is 9.31. The Bertz CT molecular complexity index is 1270. The Morgan fingerprint density at radius 2 is 1.82 bits per heavy atom. The fraction of sp³-hybridized carbons (Fsp3) is 0.240. The molecule has 4 aromatic rings. The maximum Gasteiger partial charge on any atom is 0.416 e. The maximum absolute atomic E-state index is 13.0. The molecule has 8 heteroatoms. The summed E-state index contributed by atoms with van der Waals surface area (Å²) in [7, 11) is 1.61. The van der Waals surface area contributed by atoms with Crippen molar-refractivity contribution in [2.75, 3.05) is 13.7 Å². The molecule has 2 aromatic carbocycles. The van der Waals surface area contributed by atoms with Gasteiger partial charge in [-0.05, 0) is 54.8 Å². The number of ether oxygens (including phenoxy) is 1. The Morgan fingerprint density at radius 3 is 2.52 bits per heavy atom. The summed E-state index contributed by atoms with van der Waals surface area (Å²) >= 11 is 1.58. The maximum atomic E-state index is 13.0. The van der Waals surface area contributed by atoms with Crippen molar-refractivity contribution in [3.05, 3.63) is 87.9 Å². The van der Waals surface area contributed by atoms with Crippen LogP contribution < -0.4 is 10.1 Å². The average Bonchev–Trinajstić information content (AvgIpc) is 3.30. The summed E-state index contributed by atoms with van der Waals surface area (Å²) in [5, 5.41) is 2.96. The van der Waals surface area contributed by atoms with Crippen LogP contribution in [0.3, 0.4) is 0 Å². The molecule has 0 radical (unpaired) electrons. The van der Waals surface area contributed by atoms with E-state index in [1.165, 1.54) is 12.1 Å². The van der Waals surface area contributed by atoms with E-state index in [0.29, 0.717) is 30.8 Å². The lowest BCUT2D eigenvalue weighted by atomic mass is 10.1. The average molecular weight is 473 g/mol. The molecular weight excluding hydrogens is 449 g/mol. The minimum absolute atomic E-state index is 0.224. The predicted molar refractivity (Wildman–Crippen MR) is 124 cm³/mol. The normalized spacial score (nSPS) is 11.7. The molecule has 0 saturated carbocycles. The van der Waals surface area contributed by atoms with Crippen LogP contribution in [0, 0.1) is 6.92 Å². The van der Waals surface area contributed by atoms with Crippen LogP contribution in [0.5, 0.6) is 5.75 Å². The van der Waals surface area contributed by atoms with Gasteiger partial charge in [0, 0.05) is 18.0 Å². The zero-order valence-corrected chi connectivity index (χ0v) is 19.0. The first-order chi connectivity index (χ1) is 15.8. The van der Waals surface area contributed by atoms with E-state index in [1.54, 1.807) is 18.4 Å². The van der Waals surface area contributed by atoms with Gasteiger partial charge in [0.25, 0.3) is 5.91 Å². The second-order valence-corrected chi connectivity index (χ2v) is 9.02. The molecule has 0 saturated heterocycles. The molecule has 0 unspecified atom stereocenters. The van der Waals surface area contributed by atoms with Crippen LogP contribution in [0.2, 0.25) is 0 Å². The van der Waals surface area contributed by atoms with E-state index >= 15 is 0 Å². The Labute approximate surface area is 193 Å². The largest absolute Gasteiger partial charge is 0.496 e. The van der Waals surface area contributed by atoms with Gasteiger partial charge in [-0.3, -0.25) is 4.79 Å². The summed E-state index contributed by atoms with van der Waals surface area (Å²) in [6, 6.07) is 16.5. The molecule has 1 amide bonds. The molecule has 4 rings (SSSR count). The molecule has 0 aliphatic heterocycles. The van der Waals surface area contributed by atoms with Crippen LogP contribution in [-0.4, -0.2) is 24.1 Å². The highest BCUT2D eigenvalue weighted by atomic mass is 32.1. The number of fused-ring (bicyclic) bond motifs is 1. The van der Waals surface area contributed by atoms with Gasteiger partial charge in [-0.1, -0.05) is 30.3 Å². The molecule has 0 bridgehead atoms. The topological polar surface area (TPSA) is 43.3 Å². The standard InChI is InChI=1S/C25H23F3N2O2S/c1-16-13-20-23(33-16)14-21(24(31)29-12-11-18-5-3-4-6-22(18)32-2)30(20)15-17-7-9-19(10-8-17)25(26,27)28/h3-10,13-14H,11-12,15H2,1-2H3,(H,29,31). The molecule has 172 valence electrons. The number of rotatable bonds is 7. The number of thiophene rings is 1. The summed E-state index contributed by atoms with van der Waals surface area (Å²) in [5.41, 5.74) is 2.37. The predicted octanol–water partition coefficient (Wildman–Crippen LogP) is 6.06. The molecule has 2 heterocycles. The lowest BCUT2D eigenvalue weighted by Gasteiger charge is -2.13. The Kier molecular flexibility index (Phi) is 6.47. The van der Waals surface area contributed by atoms with Gasteiger partial charge >= 0.3 is 6.18 Å². The number of benzene rings is 2. The SMILES string of the molecule is COc1ccccc1CCNC(=O)c1cc2sc(C)cc2n1Cc1ccc(C(F)(F)F)cc1. The number of aromatic nitrogens is 1. The quantitative estimate of drug-likeness (QED) is 0.355. The van der Waals surface area contributed by atoms with Crippen molar-refractivity contribution < 1.29 is 22.7 Å². The van der Waals surface area contributed by atoms with Crippen LogP contribution in [0.15, 0.2) is 60.7 Å². The van der Waals surface area contributed by atoms with Crippen LogP contribution in [0.25, 0.3) is 10.2 Å². The number of methoxy groups -OCH3 is 1. The summed E-state index contributed by atoms with van der Waals surface area (Å²) in [4.78, 5) is 14.1. The smallest absolute Gasteiger partial charge is 0.416 e. The van der Waals surface area contributed by atoms with Crippen molar-refractivity contribution in [1.82, 2.24) is 9.88 Å². The molecular formula is C25H23F3N2O2S. The van der Waals surface area contributed by atoms with E-state index in [9.17, 15) is 18.0 Å². The van der Waals surface area contributed by atoms with Gasteiger partial charge < -0.3 is 14.6 Å². The number of carbonyl (C=O) groups is 1. The van der Waals surface area contributed by atoms with E-state index in [4.69, 9.17) is 4.74 Å². The van der Waals surface area contributed by atoms with E-state index in [0.717, 1.165) is 38.5 Å². The highest BCUT2D eigenvalue weighted by Gasteiger charge is 2.30. The molecule has 0 fully saturated rings. The lowest BCUT2D eigenvalue weighted by Crippen LogP contribution is -2.28. The summed E-state index contributed by atoms with van der Waals surface area (Å²) < 4.78 is 46.9. The molecule has 0 atom stereocenters. The van der Waals surface area contributed by atoms with Gasteiger partial charge in [0.15, 0.2) is 0 Å². The number of alkyl halides is 3. The van der Waals surface area contributed by atoms with Crippen molar-refractivity contribution >= 4 is 27.5 Å². The number of halogens is 3. The fourth-order valence-electron chi connectivity index (χ4n) is 3.82. The zero-order chi connectivity index (χ0) is 23.6. The van der Waals surface area contributed by atoms with Crippen LogP contribution >= 0.6 is 11.3 Å². The number of aryl methyl sites for hydroxylation is 1. The van der Waals surface area contributed by atoms with Crippen LogP contribution in [-0.2, 0) is 19.1 Å². The second-order valence-electron chi connectivity index (χ2n) is 7.73. The third-order valence-electron chi connectivity index (χ3n) is 5.44. The Hall–Kier alpha value is -3.26. The molecule has 0 spiro atoms. The number of nitrogens with zero attached hydrogens (tertiary/aromatic N) is 1. The van der Waals surface area contributed by atoms with E-state index in [1.807, 2.05) is 47.9 Å². The van der Waals surface area contributed by atoms with Gasteiger partial charge in [-0.15, -0.1) is 11.3 Å². The highest BCUT2D eigenvalue weighted by Crippen LogP contribution is 2.31. The van der Waals surface area contributed by atoms with E-state index in [-0.39, 0.29) is 5.91 Å². The number of nitrogens with one attached hydrogen (secondary N) is 1. The molecule has 0 aliphatic rings. The van der Waals surface area contributed by atoms with Gasteiger partial charge in [0.1, 0.15) is 11.4 Å². The molecule has 2 aromatic heterocycles. The summed E-state index contributed by atoms with van der Waals surface area (Å²) in [5.74, 6) is 0.547. The Balaban J connectivity index is 1.54. The molecule has 33 heavy (non-hydrogen) atoms. The van der Waals surface area contributed by atoms with Gasteiger partial charge in [0.05, 0.1) is 22.9 Å². The first-order valence-corrected chi connectivity index (χ1v) is 11.2. The third kappa shape index (κ3) is 5.06. The van der Waals surface area contributed by atoms with Crippen molar-refractivity contribution in [1.29, 1.82) is 0 Å². The number of hydrogen-bond donors (Lipinski definition) is 1. The van der Waals surface area contributed by atoms with E-state index < -0.39 is 11.7 Å². The van der Waals surface area contributed by atoms with Gasteiger partial charge in [0.2, 0.25) is 0 Å². The first-order valence-electron chi connectivity index (χ1n) is 10.4. The minimum Gasteiger partial charge on any atom is -0.496 e. The number of para-hydroxylation sites is 1. The third-order valence-corrected chi connectivity index (χ3v) is 6.43. The zero-order valence-electron chi connectivity index (χ0n) is 18.2. The lowest BCUT2D eigenvalue weighted by molar-refractivity contribution is -0.137. The molecule has 0 aliphatic carbocycles. The van der Waals surface area contributed by atoms with Crippen molar-refractivity contribution in [3.63, 3.8) is 0 Å². The molecule has 4 nitrogen and oxygen atoms in total. The Morgan fingerprint density at radius 1 is 1.09 bits per heavy atom. The van der Waals surface area contributed by atoms with Crippen molar-refractivity contribution in [2.24, 2.45) is 0 Å². The van der Waals surface area contributed by atoms with Crippen LogP contribution in [0.4, 0.5) is 13.2 Å². The summed E-state index contributed by atoms with van der Waals surface area (Å²) in [6.45, 7) is 2.71. The van der Waals surface area contributed by atoms with Gasteiger partial charge in [-0.2, -0.15) is 13.2 Å². The number of amides is 1. The molecule has 1 N–H and O–H groups in total. The van der Waals surface area contributed by atoms with Crippen LogP contribution in [0.1, 0.15) is 32.1 Å². The number of carbonyl (C=O) groups excluding carboxylic acids is 1. The van der Waals surface area contributed by atoms with Gasteiger partial charge in [-0.25, -0.2) is 0 Å². The van der Waals surface area contributed by atoms with Crippen molar-refractivity contribution in [3.8, 4) is 5.75 Å². The summed E-state index contributed by atoms with van der Waals surface area (Å²) in [6.07, 6.45) is -3.76. The highest BCUT2D eigenvalue weighted by molar-refractivity contribution is 7.19.